The summed E-state index contributed by atoms with van der Waals surface area (Å²) < 4.78 is 1.91. The molecule has 1 amide bonds. The van der Waals surface area contributed by atoms with E-state index in [0.29, 0.717) is 6.54 Å². The van der Waals surface area contributed by atoms with Crippen LogP contribution >= 0.6 is 0 Å². The Kier molecular flexibility index (Phi) is 5.56. The molecule has 1 aromatic heterocycles. The van der Waals surface area contributed by atoms with E-state index in [9.17, 15) is 9.59 Å². The zero-order chi connectivity index (χ0) is 19.3. The summed E-state index contributed by atoms with van der Waals surface area (Å²) in [6.45, 7) is 0.720. The molecule has 4 rings (SSSR count). The van der Waals surface area contributed by atoms with Crippen molar-refractivity contribution in [2.24, 2.45) is 5.92 Å². The Labute approximate surface area is 165 Å². The Morgan fingerprint density at radius 1 is 0.929 bits per heavy atom. The van der Waals surface area contributed by atoms with Crippen LogP contribution in [0.3, 0.4) is 0 Å². The number of Topliss-reactive ketones (excluding diaryl/α,β-unsaturated/α-hetero) is 1. The summed E-state index contributed by atoms with van der Waals surface area (Å²) in [6.07, 6.45) is 7.34. The number of nitrogens with zero attached hydrogens (tertiary/aromatic N) is 1. The molecule has 144 valence electrons. The molecule has 3 aromatic rings. The average molecular weight is 374 g/mol. The fraction of sp³-hybridized carbons (Fsp3) is 0.333. The van der Waals surface area contributed by atoms with Crippen LogP contribution in [-0.4, -0.2) is 16.3 Å². The zero-order valence-corrected chi connectivity index (χ0v) is 16.1. The SMILES string of the molecule is O=C(Cn1cc(C(=O)C2CCCCC2)c2ccccc21)NCc1ccccc1. The van der Waals surface area contributed by atoms with Crippen molar-refractivity contribution in [2.75, 3.05) is 0 Å². The number of hydrogen-bond acceptors (Lipinski definition) is 2. The molecule has 4 nitrogen and oxygen atoms in total. The maximum absolute atomic E-state index is 13.1. The molecule has 1 heterocycles. The van der Waals surface area contributed by atoms with Gasteiger partial charge < -0.3 is 9.88 Å². The summed E-state index contributed by atoms with van der Waals surface area (Å²) in [5.74, 6) is 0.306. The summed E-state index contributed by atoms with van der Waals surface area (Å²) in [5.41, 5.74) is 2.77. The molecule has 1 aliphatic carbocycles. The van der Waals surface area contributed by atoms with Gasteiger partial charge in [0.1, 0.15) is 6.54 Å². The Morgan fingerprint density at radius 3 is 2.43 bits per heavy atom. The second-order valence-electron chi connectivity index (χ2n) is 7.65. The normalized spacial score (nSPS) is 14.9. The third-order valence-corrected chi connectivity index (χ3v) is 5.68. The Balaban J connectivity index is 1.52. The van der Waals surface area contributed by atoms with E-state index < -0.39 is 0 Å². The highest BCUT2D eigenvalue weighted by Gasteiger charge is 2.25. The molecule has 0 radical (unpaired) electrons. The predicted molar refractivity (Wildman–Crippen MR) is 111 cm³/mol. The van der Waals surface area contributed by atoms with Crippen molar-refractivity contribution in [1.29, 1.82) is 0 Å². The van der Waals surface area contributed by atoms with Crippen molar-refractivity contribution in [3.8, 4) is 0 Å². The molecular formula is C24H26N2O2. The zero-order valence-electron chi connectivity index (χ0n) is 16.1. The van der Waals surface area contributed by atoms with Gasteiger partial charge in [-0.05, 0) is 24.5 Å². The van der Waals surface area contributed by atoms with Crippen molar-refractivity contribution >= 4 is 22.6 Å². The lowest BCUT2D eigenvalue weighted by molar-refractivity contribution is -0.121. The van der Waals surface area contributed by atoms with Gasteiger partial charge in [-0.1, -0.05) is 67.8 Å². The lowest BCUT2D eigenvalue weighted by Crippen LogP contribution is -2.26. The first-order valence-corrected chi connectivity index (χ1v) is 10.1. The predicted octanol–water partition coefficient (Wildman–Crippen LogP) is 4.72. The lowest BCUT2D eigenvalue weighted by Gasteiger charge is -2.19. The number of carbonyl (C=O) groups excluding carboxylic acids is 2. The molecular weight excluding hydrogens is 348 g/mol. The fourth-order valence-electron chi connectivity index (χ4n) is 4.17. The monoisotopic (exact) mass is 374 g/mol. The van der Waals surface area contributed by atoms with Gasteiger partial charge in [0.05, 0.1) is 0 Å². The number of para-hydroxylation sites is 1. The number of aromatic nitrogens is 1. The maximum Gasteiger partial charge on any atom is 0.240 e. The van der Waals surface area contributed by atoms with E-state index in [1.54, 1.807) is 0 Å². The highest BCUT2D eigenvalue weighted by Crippen LogP contribution is 2.30. The van der Waals surface area contributed by atoms with Crippen LogP contribution in [0.25, 0.3) is 10.9 Å². The van der Waals surface area contributed by atoms with Gasteiger partial charge in [-0.3, -0.25) is 9.59 Å². The lowest BCUT2D eigenvalue weighted by atomic mass is 9.84. The first-order chi connectivity index (χ1) is 13.7. The Morgan fingerprint density at radius 2 is 1.64 bits per heavy atom. The molecule has 1 N–H and O–H groups in total. The van der Waals surface area contributed by atoms with Crippen molar-refractivity contribution in [3.05, 3.63) is 71.9 Å². The van der Waals surface area contributed by atoms with Gasteiger partial charge >= 0.3 is 0 Å². The standard InChI is InChI=1S/C24H26N2O2/c27-23(25-15-18-9-3-1-4-10-18)17-26-16-21(20-13-7-8-14-22(20)26)24(28)19-11-5-2-6-12-19/h1,3-4,7-10,13-14,16,19H,2,5-6,11-12,15,17H2,(H,25,27). The number of hydrogen-bond donors (Lipinski definition) is 1. The number of ketones is 1. The molecule has 28 heavy (non-hydrogen) atoms. The first-order valence-electron chi connectivity index (χ1n) is 10.1. The number of nitrogens with one attached hydrogen (secondary N) is 1. The molecule has 0 unspecified atom stereocenters. The first kappa shape index (κ1) is 18.5. The second kappa shape index (κ2) is 8.42. The topological polar surface area (TPSA) is 51.1 Å². The van der Waals surface area contributed by atoms with E-state index in [2.05, 4.69) is 5.32 Å². The van der Waals surface area contributed by atoms with Gasteiger partial charge in [-0.15, -0.1) is 0 Å². The molecule has 0 aliphatic heterocycles. The minimum atomic E-state index is -0.0544. The minimum Gasteiger partial charge on any atom is -0.350 e. The van der Waals surface area contributed by atoms with Gasteiger partial charge in [0.15, 0.2) is 5.78 Å². The van der Waals surface area contributed by atoms with Crippen LogP contribution < -0.4 is 5.32 Å². The van der Waals surface area contributed by atoms with E-state index >= 15 is 0 Å². The third kappa shape index (κ3) is 4.01. The van der Waals surface area contributed by atoms with Gasteiger partial charge in [0, 0.05) is 35.1 Å². The van der Waals surface area contributed by atoms with E-state index in [-0.39, 0.29) is 24.2 Å². The van der Waals surface area contributed by atoms with E-state index in [4.69, 9.17) is 0 Å². The summed E-state index contributed by atoms with van der Waals surface area (Å²) in [6, 6.07) is 17.8. The third-order valence-electron chi connectivity index (χ3n) is 5.68. The fourth-order valence-corrected chi connectivity index (χ4v) is 4.17. The van der Waals surface area contributed by atoms with Crippen LogP contribution in [0.5, 0.6) is 0 Å². The molecule has 4 heteroatoms. The molecule has 1 saturated carbocycles. The molecule has 0 spiro atoms. The van der Waals surface area contributed by atoms with Crippen LogP contribution in [0.4, 0.5) is 0 Å². The number of carbonyl (C=O) groups is 2. The largest absolute Gasteiger partial charge is 0.350 e. The van der Waals surface area contributed by atoms with E-state index in [1.807, 2.05) is 65.4 Å². The summed E-state index contributed by atoms with van der Waals surface area (Å²) in [4.78, 5) is 25.6. The minimum absolute atomic E-state index is 0.0544. The number of amides is 1. The molecule has 2 aromatic carbocycles. The van der Waals surface area contributed by atoms with E-state index in [1.165, 1.54) is 6.42 Å². The second-order valence-corrected chi connectivity index (χ2v) is 7.65. The average Bonchev–Trinajstić information content (AvgIpc) is 3.11. The van der Waals surface area contributed by atoms with Crippen molar-refractivity contribution < 1.29 is 9.59 Å². The molecule has 0 atom stereocenters. The van der Waals surface area contributed by atoms with E-state index in [0.717, 1.165) is 47.7 Å². The molecule has 1 aliphatic rings. The van der Waals surface area contributed by atoms with Crippen molar-refractivity contribution in [3.63, 3.8) is 0 Å². The Bertz CT molecular complexity index is 969. The number of fused-ring (bicyclic) bond motifs is 1. The van der Waals surface area contributed by atoms with Gasteiger partial charge in [-0.2, -0.15) is 0 Å². The maximum atomic E-state index is 13.1. The van der Waals surface area contributed by atoms with Crippen LogP contribution in [0, 0.1) is 5.92 Å². The van der Waals surface area contributed by atoms with Crippen LogP contribution in [-0.2, 0) is 17.9 Å². The number of benzene rings is 2. The number of rotatable bonds is 6. The summed E-state index contributed by atoms with van der Waals surface area (Å²) in [7, 11) is 0. The summed E-state index contributed by atoms with van der Waals surface area (Å²) in [5, 5.41) is 3.92. The molecule has 1 fully saturated rings. The molecule has 0 saturated heterocycles. The quantitative estimate of drug-likeness (QED) is 0.635. The van der Waals surface area contributed by atoms with Crippen LogP contribution in [0.15, 0.2) is 60.8 Å². The van der Waals surface area contributed by atoms with Crippen molar-refractivity contribution in [1.82, 2.24) is 9.88 Å². The Hall–Kier alpha value is -2.88. The van der Waals surface area contributed by atoms with Crippen LogP contribution in [0.1, 0.15) is 48.0 Å². The summed E-state index contributed by atoms with van der Waals surface area (Å²) >= 11 is 0. The highest BCUT2D eigenvalue weighted by molar-refractivity contribution is 6.09. The van der Waals surface area contributed by atoms with Gasteiger partial charge in [0.25, 0.3) is 0 Å². The molecule has 0 bridgehead atoms. The van der Waals surface area contributed by atoms with Crippen LogP contribution in [0.2, 0.25) is 0 Å². The van der Waals surface area contributed by atoms with Gasteiger partial charge in [0.2, 0.25) is 5.91 Å². The van der Waals surface area contributed by atoms with Gasteiger partial charge in [-0.25, -0.2) is 0 Å². The van der Waals surface area contributed by atoms with Crippen molar-refractivity contribution in [2.45, 2.75) is 45.2 Å². The highest BCUT2D eigenvalue weighted by atomic mass is 16.2. The smallest absolute Gasteiger partial charge is 0.240 e.